The van der Waals surface area contributed by atoms with Crippen LogP contribution in [0.25, 0.3) is 5.69 Å². The van der Waals surface area contributed by atoms with E-state index in [1.54, 1.807) is 6.20 Å². The van der Waals surface area contributed by atoms with E-state index in [9.17, 15) is 9.59 Å². The van der Waals surface area contributed by atoms with E-state index >= 15 is 0 Å². The largest absolute Gasteiger partial charge is 0.354 e. The summed E-state index contributed by atoms with van der Waals surface area (Å²) in [4.78, 5) is 29.1. The molecule has 0 aliphatic heterocycles. The highest BCUT2D eigenvalue weighted by Gasteiger charge is 2.21. The van der Waals surface area contributed by atoms with E-state index in [0.29, 0.717) is 18.8 Å². The first-order valence-corrected chi connectivity index (χ1v) is 10.7. The highest BCUT2D eigenvalue weighted by Crippen LogP contribution is 2.23. The quantitative estimate of drug-likeness (QED) is 0.566. The summed E-state index contributed by atoms with van der Waals surface area (Å²) in [7, 11) is 0. The molecule has 1 aliphatic rings. The summed E-state index contributed by atoms with van der Waals surface area (Å²) >= 11 is 1.49. The molecule has 0 spiro atoms. The van der Waals surface area contributed by atoms with E-state index in [1.165, 1.54) is 18.2 Å². The van der Waals surface area contributed by atoms with Gasteiger partial charge in [0.25, 0.3) is 5.91 Å². The van der Waals surface area contributed by atoms with Crippen molar-refractivity contribution in [2.45, 2.75) is 37.3 Å². The third kappa shape index (κ3) is 4.91. The molecule has 0 bridgehead atoms. The van der Waals surface area contributed by atoms with Crippen molar-refractivity contribution in [3.63, 3.8) is 0 Å². The van der Waals surface area contributed by atoms with Crippen LogP contribution in [0.3, 0.4) is 0 Å². The number of aromatic nitrogens is 2. The minimum absolute atomic E-state index is 0.114. The molecule has 0 atom stereocenters. The van der Waals surface area contributed by atoms with Gasteiger partial charge in [-0.3, -0.25) is 14.2 Å². The summed E-state index contributed by atoms with van der Waals surface area (Å²) in [5.41, 5.74) is 1.39. The molecule has 7 heteroatoms. The Kier molecular flexibility index (Phi) is 6.92. The molecular formula is C20H26N4O2S. The molecule has 1 saturated carbocycles. The van der Waals surface area contributed by atoms with Gasteiger partial charge in [0.1, 0.15) is 5.69 Å². The molecule has 1 aromatic heterocycles. The van der Waals surface area contributed by atoms with Crippen molar-refractivity contribution in [2.75, 3.05) is 19.3 Å². The monoisotopic (exact) mass is 386 g/mol. The van der Waals surface area contributed by atoms with Crippen LogP contribution in [0.15, 0.2) is 41.7 Å². The van der Waals surface area contributed by atoms with Gasteiger partial charge in [-0.15, -0.1) is 0 Å². The topological polar surface area (TPSA) is 76.0 Å². The number of rotatable bonds is 7. The molecule has 0 unspecified atom stereocenters. The maximum absolute atomic E-state index is 12.6. The molecule has 144 valence electrons. The van der Waals surface area contributed by atoms with Gasteiger partial charge in [-0.1, -0.05) is 49.2 Å². The zero-order valence-corrected chi connectivity index (χ0v) is 16.4. The normalized spacial score (nSPS) is 14.7. The van der Waals surface area contributed by atoms with Crippen LogP contribution in [-0.2, 0) is 4.79 Å². The molecule has 2 aromatic rings. The predicted molar refractivity (Wildman–Crippen MR) is 107 cm³/mol. The number of thioether (sulfide) groups is 1. The van der Waals surface area contributed by atoms with E-state index in [4.69, 9.17) is 0 Å². The van der Waals surface area contributed by atoms with Crippen molar-refractivity contribution in [3.8, 4) is 5.69 Å². The number of nitrogens with one attached hydrogen (secondary N) is 2. The van der Waals surface area contributed by atoms with Gasteiger partial charge < -0.3 is 10.6 Å². The first-order chi connectivity index (χ1) is 13.2. The van der Waals surface area contributed by atoms with E-state index in [-0.39, 0.29) is 17.7 Å². The lowest BCUT2D eigenvalue weighted by Crippen LogP contribution is -2.38. The molecule has 2 N–H and O–H groups in total. The van der Waals surface area contributed by atoms with Crippen molar-refractivity contribution >= 4 is 23.6 Å². The second-order valence-electron chi connectivity index (χ2n) is 6.68. The van der Waals surface area contributed by atoms with Gasteiger partial charge in [0, 0.05) is 24.7 Å². The number of hydrogen-bond acceptors (Lipinski definition) is 4. The van der Waals surface area contributed by atoms with Gasteiger partial charge in [-0.25, -0.2) is 4.98 Å². The molecule has 6 nitrogen and oxygen atoms in total. The molecule has 1 aromatic carbocycles. The molecule has 2 amide bonds. The lowest BCUT2D eigenvalue weighted by Gasteiger charge is -2.20. The van der Waals surface area contributed by atoms with Crippen LogP contribution in [0.2, 0.25) is 0 Å². The Labute approximate surface area is 164 Å². The smallest absolute Gasteiger partial charge is 0.270 e. The van der Waals surface area contributed by atoms with Crippen LogP contribution in [0.5, 0.6) is 0 Å². The minimum atomic E-state index is -0.196. The van der Waals surface area contributed by atoms with Crippen LogP contribution in [0.4, 0.5) is 0 Å². The number of amides is 2. The first kappa shape index (κ1) is 19.5. The van der Waals surface area contributed by atoms with Crippen LogP contribution in [-0.4, -0.2) is 40.7 Å². The average molecular weight is 387 g/mol. The van der Waals surface area contributed by atoms with Gasteiger partial charge in [0.15, 0.2) is 5.16 Å². The van der Waals surface area contributed by atoms with Crippen LogP contribution in [0, 0.1) is 5.92 Å². The highest BCUT2D eigenvalue weighted by atomic mass is 32.2. The number of nitrogens with zero attached hydrogens (tertiary/aromatic N) is 2. The molecule has 1 fully saturated rings. The SMILES string of the molecule is CSc1ncc(C(=O)NCCNC(=O)C2CCCCC2)n1-c1ccccc1. The second kappa shape index (κ2) is 9.60. The maximum atomic E-state index is 12.6. The van der Waals surface area contributed by atoms with E-state index in [2.05, 4.69) is 15.6 Å². The number of imidazole rings is 1. The predicted octanol–water partition coefficient (Wildman–Crippen LogP) is 3.02. The zero-order valence-electron chi connectivity index (χ0n) is 15.6. The van der Waals surface area contributed by atoms with Crippen molar-refractivity contribution in [2.24, 2.45) is 5.92 Å². The second-order valence-corrected chi connectivity index (χ2v) is 7.46. The number of carbonyl (C=O) groups excluding carboxylic acids is 2. The summed E-state index contributed by atoms with van der Waals surface area (Å²) in [6.07, 6.45) is 8.98. The Morgan fingerprint density at radius 2 is 1.81 bits per heavy atom. The summed E-state index contributed by atoms with van der Waals surface area (Å²) in [6, 6.07) is 9.70. The third-order valence-corrected chi connectivity index (χ3v) is 5.50. The zero-order chi connectivity index (χ0) is 19.1. The number of para-hydroxylation sites is 1. The number of hydrogen-bond donors (Lipinski definition) is 2. The van der Waals surface area contributed by atoms with Gasteiger partial charge in [0.05, 0.1) is 6.20 Å². The Morgan fingerprint density at radius 1 is 1.11 bits per heavy atom. The van der Waals surface area contributed by atoms with Gasteiger partial charge in [-0.2, -0.15) is 0 Å². The molecule has 1 heterocycles. The van der Waals surface area contributed by atoms with E-state index in [1.807, 2.05) is 41.2 Å². The van der Waals surface area contributed by atoms with E-state index in [0.717, 1.165) is 36.5 Å². The number of carbonyl (C=O) groups is 2. The van der Waals surface area contributed by atoms with Gasteiger partial charge >= 0.3 is 0 Å². The Bertz CT molecular complexity index is 770. The van der Waals surface area contributed by atoms with Gasteiger partial charge in [0.2, 0.25) is 5.91 Å². The lowest BCUT2D eigenvalue weighted by molar-refractivity contribution is -0.125. The fourth-order valence-corrected chi connectivity index (χ4v) is 3.97. The Balaban J connectivity index is 1.55. The molecule has 0 radical (unpaired) electrons. The van der Waals surface area contributed by atoms with Crippen LogP contribution >= 0.6 is 11.8 Å². The minimum Gasteiger partial charge on any atom is -0.354 e. The molecule has 1 aliphatic carbocycles. The summed E-state index contributed by atoms with van der Waals surface area (Å²) in [6.45, 7) is 0.835. The van der Waals surface area contributed by atoms with Crippen molar-refractivity contribution < 1.29 is 9.59 Å². The summed E-state index contributed by atoms with van der Waals surface area (Å²) < 4.78 is 1.85. The van der Waals surface area contributed by atoms with Crippen molar-refractivity contribution in [1.29, 1.82) is 0 Å². The Morgan fingerprint density at radius 3 is 2.52 bits per heavy atom. The van der Waals surface area contributed by atoms with E-state index < -0.39 is 0 Å². The Hall–Kier alpha value is -2.28. The van der Waals surface area contributed by atoms with Crippen molar-refractivity contribution in [1.82, 2.24) is 20.2 Å². The molecule has 3 rings (SSSR count). The molecule has 0 saturated heterocycles. The van der Waals surface area contributed by atoms with Crippen molar-refractivity contribution in [3.05, 3.63) is 42.2 Å². The molecular weight excluding hydrogens is 360 g/mol. The fourth-order valence-electron chi connectivity index (χ4n) is 3.43. The lowest BCUT2D eigenvalue weighted by atomic mass is 9.89. The third-order valence-electron chi connectivity index (χ3n) is 4.84. The fraction of sp³-hybridized carbons (Fsp3) is 0.450. The van der Waals surface area contributed by atoms with Gasteiger partial charge in [-0.05, 0) is 31.2 Å². The average Bonchev–Trinajstić information content (AvgIpc) is 3.16. The molecule has 27 heavy (non-hydrogen) atoms. The van der Waals surface area contributed by atoms with Crippen LogP contribution < -0.4 is 10.6 Å². The first-order valence-electron chi connectivity index (χ1n) is 9.43. The highest BCUT2D eigenvalue weighted by molar-refractivity contribution is 7.98. The standard InChI is InChI=1S/C20H26N4O2S/c1-27-20-23-14-17(24(20)16-10-6-3-7-11-16)19(26)22-13-12-21-18(25)15-8-4-2-5-9-15/h3,6-7,10-11,14-15H,2,4-5,8-9,12-13H2,1H3,(H,21,25)(H,22,26). The maximum Gasteiger partial charge on any atom is 0.270 e. The van der Waals surface area contributed by atoms with Crippen LogP contribution in [0.1, 0.15) is 42.6 Å². The number of benzene rings is 1. The summed E-state index contributed by atoms with van der Waals surface area (Å²) in [5.74, 6) is 0.0552. The summed E-state index contributed by atoms with van der Waals surface area (Å²) in [5, 5.41) is 6.58.